The lowest BCUT2D eigenvalue weighted by molar-refractivity contribution is -0.117. The van der Waals surface area contributed by atoms with E-state index < -0.39 is 0 Å². The van der Waals surface area contributed by atoms with Crippen LogP contribution < -0.4 is 0 Å². The molecule has 0 unspecified atom stereocenters. The molecule has 0 aliphatic rings. The molecule has 4 nitrogen and oxygen atoms in total. The van der Waals surface area contributed by atoms with Gasteiger partial charge in [0.05, 0.1) is 0 Å². The number of nitrogens with zero attached hydrogens (tertiary/aromatic N) is 2. The predicted octanol–water partition coefficient (Wildman–Crippen LogP) is 4.04. The van der Waals surface area contributed by atoms with Crippen LogP contribution in [-0.4, -0.2) is 20.7 Å². The first kappa shape index (κ1) is 17.1. The normalized spacial score (nSPS) is 11.0. The van der Waals surface area contributed by atoms with Crippen molar-refractivity contribution < 1.29 is 9.18 Å². The van der Waals surface area contributed by atoms with Crippen LogP contribution in [0.15, 0.2) is 67.1 Å². The molecular formula is C22H18FN3O. The van der Waals surface area contributed by atoms with Crippen LogP contribution in [0.4, 0.5) is 4.39 Å². The standard InChI is InChI=1S/C22H18FN3O/c23-18-4-1-3-15(10-18)11-20(27)12-19-7-6-16(13-25-19)9-17-14-26-22-21(17)5-2-8-24-22/h1-8,10,13-14H,9,11-12H2,(H,24,26). The van der Waals surface area contributed by atoms with Crippen molar-refractivity contribution in [1.82, 2.24) is 15.0 Å². The fraction of sp³-hybridized carbons (Fsp3) is 0.136. The second-order valence-electron chi connectivity index (χ2n) is 6.57. The average molecular weight is 359 g/mol. The summed E-state index contributed by atoms with van der Waals surface area (Å²) in [6.07, 6.45) is 6.74. The van der Waals surface area contributed by atoms with Crippen molar-refractivity contribution in [3.63, 3.8) is 0 Å². The van der Waals surface area contributed by atoms with Gasteiger partial charge in [0.25, 0.3) is 0 Å². The first-order valence-corrected chi connectivity index (χ1v) is 8.78. The smallest absolute Gasteiger partial charge is 0.143 e. The zero-order valence-electron chi connectivity index (χ0n) is 14.7. The molecule has 0 spiro atoms. The molecule has 0 bridgehead atoms. The number of carbonyl (C=O) groups is 1. The first-order valence-electron chi connectivity index (χ1n) is 8.78. The lowest BCUT2D eigenvalue weighted by Crippen LogP contribution is -2.08. The maximum atomic E-state index is 13.2. The van der Waals surface area contributed by atoms with Gasteiger partial charge < -0.3 is 4.98 Å². The number of hydrogen-bond acceptors (Lipinski definition) is 3. The third-order valence-corrected chi connectivity index (χ3v) is 4.49. The number of benzene rings is 1. The van der Waals surface area contributed by atoms with E-state index in [9.17, 15) is 9.18 Å². The number of nitrogens with one attached hydrogen (secondary N) is 1. The number of H-pyrrole nitrogens is 1. The number of aromatic nitrogens is 3. The van der Waals surface area contributed by atoms with Crippen LogP contribution in [-0.2, 0) is 24.1 Å². The number of carbonyl (C=O) groups excluding carboxylic acids is 1. The summed E-state index contributed by atoms with van der Waals surface area (Å²) < 4.78 is 13.2. The molecule has 0 radical (unpaired) electrons. The Hall–Kier alpha value is -3.34. The predicted molar refractivity (Wildman–Crippen MR) is 102 cm³/mol. The van der Waals surface area contributed by atoms with E-state index >= 15 is 0 Å². The van der Waals surface area contributed by atoms with Crippen molar-refractivity contribution in [1.29, 1.82) is 0 Å². The Morgan fingerprint density at radius 3 is 2.74 bits per heavy atom. The van der Waals surface area contributed by atoms with Crippen LogP contribution in [0.2, 0.25) is 0 Å². The third-order valence-electron chi connectivity index (χ3n) is 4.49. The minimum absolute atomic E-state index is 0.0172. The fourth-order valence-electron chi connectivity index (χ4n) is 3.18. The summed E-state index contributed by atoms with van der Waals surface area (Å²) in [5.74, 6) is -0.307. The molecule has 4 aromatic rings. The van der Waals surface area contributed by atoms with Gasteiger partial charge in [-0.25, -0.2) is 9.37 Å². The fourth-order valence-corrected chi connectivity index (χ4v) is 3.18. The summed E-state index contributed by atoms with van der Waals surface area (Å²) in [5, 5.41) is 1.10. The number of pyridine rings is 2. The van der Waals surface area contributed by atoms with E-state index in [0.717, 1.165) is 34.3 Å². The van der Waals surface area contributed by atoms with Crippen molar-refractivity contribution in [3.8, 4) is 0 Å². The van der Waals surface area contributed by atoms with Gasteiger partial charge in [-0.05, 0) is 47.0 Å². The number of halogens is 1. The lowest BCUT2D eigenvalue weighted by atomic mass is 10.0. The number of ketones is 1. The summed E-state index contributed by atoms with van der Waals surface area (Å²) in [6.45, 7) is 0. The van der Waals surface area contributed by atoms with Gasteiger partial charge in [0.1, 0.15) is 17.2 Å². The maximum absolute atomic E-state index is 13.2. The Bertz CT molecular complexity index is 1090. The molecule has 5 heteroatoms. The van der Waals surface area contributed by atoms with Crippen molar-refractivity contribution >= 4 is 16.8 Å². The van der Waals surface area contributed by atoms with Gasteiger partial charge in [0, 0.05) is 48.9 Å². The number of rotatable bonds is 6. The molecule has 134 valence electrons. The van der Waals surface area contributed by atoms with Gasteiger partial charge in [0.15, 0.2) is 0 Å². The molecule has 0 fully saturated rings. The van der Waals surface area contributed by atoms with Crippen LogP contribution >= 0.6 is 0 Å². The van der Waals surface area contributed by atoms with Gasteiger partial charge in [-0.1, -0.05) is 18.2 Å². The van der Waals surface area contributed by atoms with E-state index in [1.54, 1.807) is 24.5 Å². The third kappa shape index (κ3) is 4.08. The van der Waals surface area contributed by atoms with E-state index in [-0.39, 0.29) is 24.4 Å². The molecule has 4 rings (SSSR count). The number of Topliss-reactive ketones (excluding diaryl/α,β-unsaturated/α-hetero) is 1. The number of hydrogen-bond donors (Lipinski definition) is 1. The summed E-state index contributed by atoms with van der Waals surface area (Å²) in [7, 11) is 0. The van der Waals surface area contributed by atoms with Crippen LogP contribution in [0.5, 0.6) is 0 Å². The summed E-state index contributed by atoms with van der Waals surface area (Å²) in [4.78, 5) is 24.1. The number of fused-ring (bicyclic) bond motifs is 1. The zero-order valence-corrected chi connectivity index (χ0v) is 14.7. The molecular weight excluding hydrogens is 341 g/mol. The largest absolute Gasteiger partial charge is 0.346 e. The Morgan fingerprint density at radius 1 is 1.00 bits per heavy atom. The molecule has 1 N–H and O–H groups in total. The zero-order chi connectivity index (χ0) is 18.6. The number of aromatic amines is 1. The summed E-state index contributed by atoms with van der Waals surface area (Å²) >= 11 is 0. The monoisotopic (exact) mass is 359 g/mol. The minimum Gasteiger partial charge on any atom is -0.346 e. The van der Waals surface area contributed by atoms with Gasteiger partial charge in [0.2, 0.25) is 0 Å². The Morgan fingerprint density at radius 2 is 1.93 bits per heavy atom. The van der Waals surface area contributed by atoms with Crippen LogP contribution in [0.25, 0.3) is 11.0 Å². The van der Waals surface area contributed by atoms with Gasteiger partial charge in [-0.3, -0.25) is 9.78 Å². The highest BCUT2D eigenvalue weighted by Gasteiger charge is 2.09. The second-order valence-corrected chi connectivity index (χ2v) is 6.57. The Labute approximate surface area is 156 Å². The highest BCUT2D eigenvalue weighted by molar-refractivity contribution is 5.82. The molecule has 0 aliphatic carbocycles. The lowest BCUT2D eigenvalue weighted by Gasteiger charge is -2.04. The first-order chi connectivity index (χ1) is 13.2. The molecule has 0 aliphatic heterocycles. The minimum atomic E-state index is -0.324. The highest BCUT2D eigenvalue weighted by atomic mass is 19.1. The Balaban J connectivity index is 1.40. The van der Waals surface area contributed by atoms with Crippen molar-refractivity contribution in [3.05, 3.63) is 95.3 Å². The molecule has 1 aromatic carbocycles. The molecule has 0 saturated carbocycles. The second kappa shape index (κ2) is 7.50. The molecule has 27 heavy (non-hydrogen) atoms. The molecule has 0 saturated heterocycles. The molecule has 3 heterocycles. The van der Waals surface area contributed by atoms with Gasteiger partial charge >= 0.3 is 0 Å². The van der Waals surface area contributed by atoms with Crippen LogP contribution in [0.1, 0.15) is 22.4 Å². The van der Waals surface area contributed by atoms with Crippen LogP contribution in [0.3, 0.4) is 0 Å². The quantitative estimate of drug-likeness (QED) is 0.565. The van der Waals surface area contributed by atoms with Gasteiger partial charge in [-0.15, -0.1) is 0 Å². The van der Waals surface area contributed by atoms with Crippen molar-refractivity contribution in [2.45, 2.75) is 19.3 Å². The highest BCUT2D eigenvalue weighted by Crippen LogP contribution is 2.19. The SMILES string of the molecule is O=C(Cc1cccc(F)c1)Cc1ccc(Cc2c[nH]c3ncccc23)cn1. The van der Waals surface area contributed by atoms with Gasteiger partial charge in [-0.2, -0.15) is 0 Å². The van der Waals surface area contributed by atoms with E-state index in [1.165, 1.54) is 12.1 Å². The maximum Gasteiger partial charge on any atom is 0.143 e. The average Bonchev–Trinajstić information content (AvgIpc) is 3.06. The molecule has 0 amide bonds. The van der Waals surface area contributed by atoms with Crippen molar-refractivity contribution in [2.24, 2.45) is 0 Å². The van der Waals surface area contributed by atoms with Crippen LogP contribution in [0, 0.1) is 5.82 Å². The van der Waals surface area contributed by atoms with E-state index in [2.05, 4.69) is 15.0 Å². The molecule has 0 atom stereocenters. The van der Waals surface area contributed by atoms with E-state index in [4.69, 9.17) is 0 Å². The van der Waals surface area contributed by atoms with E-state index in [0.29, 0.717) is 5.56 Å². The van der Waals surface area contributed by atoms with Crippen molar-refractivity contribution in [2.75, 3.05) is 0 Å². The Kier molecular flexibility index (Phi) is 4.75. The summed E-state index contributed by atoms with van der Waals surface area (Å²) in [5.41, 5.74) is 4.52. The topological polar surface area (TPSA) is 58.6 Å². The summed E-state index contributed by atoms with van der Waals surface area (Å²) in [6, 6.07) is 14.0. The van der Waals surface area contributed by atoms with E-state index in [1.807, 2.05) is 30.5 Å². The molecule has 3 aromatic heterocycles.